The number of rotatable bonds is 6. The maximum absolute atomic E-state index is 12.8. The molecule has 1 atom stereocenters. The highest BCUT2D eigenvalue weighted by Crippen LogP contribution is 2.28. The van der Waals surface area contributed by atoms with E-state index in [0.717, 1.165) is 16.9 Å². The molecule has 140 valence electrons. The molecule has 0 aliphatic rings. The van der Waals surface area contributed by atoms with Gasteiger partial charge in [-0.05, 0) is 30.7 Å². The Kier molecular flexibility index (Phi) is 5.76. The molecule has 7 heteroatoms. The molecule has 27 heavy (non-hydrogen) atoms. The Morgan fingerprint density at radius 3 is 2.63 bits per heavy atom. The molecule has 2 aromatic carbocycles. The number of amides is 1. The van der Waals surface area contributed by atoms with Gasteiger partial charge in [0.15, 0.2) is 5.69 Å². The van der Waals surface area contributed by atoms with Gasteiger partial charge < -0.3 is 9.64 Å². The van der Waals surface area contributed by atoms with E-state index in [4.69, 9.17) is 16.3 Å². The quantitative estimate of drug-likeness (QED) is 0.648. The van der Waals surface area contributed by atoms with Crippen molar-refractivity contribution in [2.75, 3.05) is 14.2 Å². The van der Waals surface area contributed by atoms with Crippen molar-refractivity contribution in [1.82, 2.24) is 19.9 Å². The van der Waals surface area contributed by atoms with Crippen LogP contribution in [0.2, 0.25) is 5.02 Å². The molecule has 0 radical (unpaired) electrons. The lowest BCUT2D eigenvalue weighted by Crippen LogP contribution is -2.30. The zero-order valence-corrected chi connectivity index (χ0v) is 16.2. The van der Waals surface area contributed by atoms with Crippen LogP contribution in [0.15, 0.2) is 54.7 Å². The summed E-state index contributed by atoms with van der Waals surface area (Å²) < 4.78 is 7.04. The lowest BCUT2D eigenvalue weighted by molar-refractivity contribution is 0.0735. The second-order valence-corrected chi connectivity index (χ2v) is 6.70. The Labute approximate surface area is 163 Å². The van der Waals surface area contributed by atoms with E-state index in [0.29, 0.717) is 17.3 Å². The van der Waals surface area contributed by atoms with Crippen molar-refractivity contribution in [3.05, 3.63) is 76.6 Å². The first-order valence-corrected chi connectivity index (χ1v) is 8.92. The summed E-state index contributed by atoms with van der Waals surface area (Å²) in [5.41, 5.74) is 2.26. The number of benzene rings is 2. The standard InChI is InChI=1S/C20H21ClN4O2/c1-14(17-6-4-5-7-19(17)27-3)24(2)20(26)18-13-25(23-22-18)12-15-8-10-16(21)11-9-15/h4-11,13-14H,12H2,1-3H3/t14-/m0/s1. The fourth-order valence-corrected chi connectivity index (χ4v) is 2.95. The van der Waals surface area contributed by atoms with Crippen LogP contribution in [0.25, 0.3) is 0 Å². The van der Waals surface area contributed by atoms with Crippen LogP contribution >= 0.6 is 11.6 Å². The monoisotopic (exact) mass is 384 g/mol. The van der Waals surface area contributed by atoms with Crippen LogP contribution in [0.3, 0.4) is 0 Å². The molecule has 1 aromatic heterocycles. The van der Waals surface area contributed by atoms with Crippen molar-refractivity contribution in [3.8, 4) is 5.75 Å². The van der Waals surface area contributed by atoms with Gasteiger partial charge in [0.2, 0.25) is 0 Å². The Balaban J connectivity index is 1.73. The molecule has 6 nitrogen and oxygen atoms in total. The largest absolute Gasteiger partial charge is 0.496 e. The van der Waals surface area contributed by atoms with E-state index in [-0.39, 0.29) is 11.9 Å². The number of methoxy groups -OCH3 is 1. The Morgan fingerprint density at radius 2 is 1.93 bits per heavy atom. The molecule has 0 unspecified atom stereocenters. The summed E-state index contributed by atoms with van der Waals surface area (Å²) in [5.74, 6) is 0.548. The van der Waals surface area contributed by atoms with Crippen LogP contribution in [-0.2, 0) is 6.54 Å². The van der Waals surface area contributed by atoms with Crippen molar-refractivity contribution in [2.45, 2.75) is 19.5 Å². The maximum atomic E-state index is 12.8. The highest BCUT2D eigenvalue weighted by Gasteiger charge is 2.23. The van der Waals surface area contributed by atoms with Gasteiger partial charge in [-0.2, -0.15) is 0 Å². The van der Waals surface area contributed by atoms with E-state index in [1.807, 2.05) is 55.5 Å². The zero-order chi connectivity index (χ0) is 19.4. The summed E-state index contributed by atoms with van der Waals surface area (Å²) in [4.78, 5) is 14.5. The molecular formula is C20H21ClN4O2. The SMILES string of the molecule is COc1ccccc1[C@H](C)N(C)C(=O)c1cn(Cc2ccc(Cl)cc2)nn1. The first-order chi connectivity index (χ1) is 13.0. The summed E-state index contributed by atoms with van der Waals surface area (Å²) in [5, 5.41) is 8.78. The van der Waals surface area contributed by atoms with E-state index >= 15 is 0 Å². The molecule has 3 rings (SSSR count). The Bertz CT molecular complexity index is 924. The number of ether oxygens (including phenoxy) is 1. The molecule has 0 N–H and O–H groups in total. The van der Waals surface area contributed by atoms with Crippen LogP contribution in [0.4, 0.5) is 0 Å². The number of carbonyl (C=O) groups excluding carboxylic acids is 1. The number of carbonyl (C=O) groups is 1. The summed E-state index contributed by atoms with van der Waals surface area (Å²) >= 11 is 5.90. The Hall–Kier alpha value is -2.86. The first kappa shape index (κ1) is 18.9. The summed E-state index contributed by atoms with van der Waals surface area (Å²) in [6.45, 7) is 2.47. The van der Waals surface area contributed by atoms with Gasteiger partial charge in [-0.15, -0.1) is 5.10 Å². The average Bonchev–Trinajstić information content (AvgIpc) is 3.16. The lowest BCUT2D eigenvalue weighted by atomic mass is 10.1. The van der Waals surface area contributed by atoms with Crippen molar-refractivity contribution in [3.63, 3.8) is 0 Å². The number of hydrogen-bond acceptors (Lipinski definition) is 4. The smallest absolute Gasteiger partial charge is 0.276 e. The van der Waals surface area contributed by atoms with Crippen molar-refractivity contribution >= 4 is 17.5 Å². The molecule has 3 aromatic rings. The van der Waals surface area contributed by atoms with Gasteiger partial charge in [0.25, 0.3) is 5.91 Å². The topological polar surface area (TPSA) is 60.2 Å². The van der Waals surface area contributed by atoms with Gasteiger partial charge in [0.1, 0.15) is 5.75 Å². The average molecular weight is 385 g/mol. The third-order valence-electron chi connectivity index (χ3n) is 4.51. The fourth-order valence-electron chi connectivity index (χ4n) is 2.83. The third kappa shape index (κ3) is 4.28. The fraction of sp³-hybridized carbons (Fsp3) is 0.250. The molecule has 0 aliphatic carbocycles. The van der Waals surface area contributed by atoms with E-state index in [1.165, 1.54) is 0 Å². The van der Waals surface area contributed by atoms with Crippen LogP contribution in [0.1, 0.15) is 34.6 Å². The second kappa shape index (κ2) is 8.22. The molecule has 0 saturated carbocycles. The van der Waals surface area contributed by atoms with E-state index in [1.54, 1.807) is 29.9 Å². The highest BCUT2D eigenvalue weighted by molar-refractivity contribution is 6.30. The molecule has 0 aliphatic heterocycles. The van der Waals surface area contributed by atoms with Crippen molar-refractivity contribution in [2.24, 2.45) is 0 Å². The minimum Gasteiger partial charge on any atom is -0.496 e. The van der Waals surface area contributed by atoms with Crippen molar-refractivity contribution < 1.29 is 9.53 Å². The highest BCUT2D eigenvalue weighted by atomic mass is 35.5. The number of hydrogen-bond donors (Lipinski definition) is 0. The minimum atomic E-state index is -0.198. The summed E-state index contributed by atoms with van der Waals surface area (Å²) in [7, 11) is 3.37. The van der Waals surface area contributed by atoms with Gasteiger partial charge in [-0.1, -0.05) is 47.1 Å². The Morgan fingerprint density at radius 1 is 1.22 bits per heavy atom. The van der Waals surface area contributed by atoms with E-state index < -0.39 is 0 Å². The first-order valence-electron chi connectivity index (χ1n) is 8.54. The molecule has 0 spiro atoms. The van der Waals surface area contributed by atoms with Crippen LogP contribution in [0.5, 0.6) is 5.75 Å². The molecule has 0 saturated heterocycles. The van der Waals surface area contributed by atoms with E-state index in [2.05, 4.69) is 10.3 Å². The normalized spacial score (nSPS) is 11.9. The predicted octanol–water partition coefficient (Wildman–Crippen LogP) is 3.82. The number of aromatic nitrogens is 3. The van der Waals surface area contributed by atoms with Gasteiger partial charge >= 0.3 is 0 Å². The lowest BCUT2D eigenvalue weighted by Gasteiger charge is -2.25. The van der Waals surface area contributed by atoms with Gasteiger partial charge in [0.05, 0.1) is 25.9 Å². The molecule has 0 bridgehead atoms. The van der Waals surface area contributed by atoms with E-state index in [9.17, 15) is 4.79 Å². The van der Waals surface area contributed by atoms with Gasteiger partial charge in [-0.3, -0.25) is 4.79 Å². The van der Waals surface area contributed by atoms with Gasteiger partial charge in [-0.25, -0.2) is 4.68 Å². The predicted molar refractivity (Wildman–Crippen MR) is 104 cm³/mol. The van der Waals surface area contributed by atoms with Crippen molar-refractivity contribution in [1.29, 1.82) is 0 Å². The third-order valence-corrected chi connectivity index (χ3v) is 4.76. The van der Waals surface area contributed by atoms with Crippen LogP contribution in [-0.4, -0.2) is 40.0 Å². The zero-order valence-electron chi connectivity index (χ0n) is 15.5. The second-order valence-electron chi connectivity index (χ2n) is 6.26. The molecule has 0 fully saturated rings. The molecule has 1 amide bonds. The van der Waals surface area contributed by atoms with Gasteiger partial charge in [0, 0.05) is 17.6 Å². The minimum absolute atomic E-state index is 0.171. The molecular weight excluding hydrogens is 364 g/mol. The summed E-state index contributed by atoms with van der Waals surface area (Å²) in [6, 6.07) is 15.0. The number of halogens is 1. The molecule has 1 heterocycles. The maximum Gasteiger partial charge on any atom is 0.276 e. The van der Waals surface area contributed by atoms with Crippen LogP contribution < -0.4 is 4.74 Å². The number of nitrogens with zero attached hydrogens (tertiary/aromatic N) is 4. The van der Waals surface area contributed by atoms with Crippen LogP contribution in [0, 0.1) is 0 Å². The summed E-state index contributed by atoms with van der Waals surface area (Å²) in [6.07, 6.45) is 1.66. The number of para-hydroxylation sites is 1.